The maximum atomic E-state index is 11.9. The lowest BCUT2D eigenvalue weighted by Gasteiger charge is -2.08. The van der Waals surface area contributed by atoms with Crippen LogP contribution in [0.25, 0.3) is 6.08 Å². The Morgan fingerprint density at radius 3 is 2.57 bits per heavy atom. The van der Waals surface area contributed by atoms with Crippen molar-refractivity contribution in [3.05, 3.63) is 69.2 Å². The number of nitrogens with zero attached hydrogens (tertiary/aromatic N) is 1. The summed E-state index contributed by atoms with van der Waals surface area (Å²) in [6.07, 6.45) is 2.98. The number of amides is 1. The fraction of sp³-hybridized carbons (Fsp3) is 0.0625. The molecule has 1 amide bonds. The minimum absolute atomic E-state index is 0.114. The number of nitro benzene ring substituents is 1. The average molecular weight is 333 g/mol. The molecular weight excluding hydrogens is 320 g/mol. The summed E-state index contributed by atoms with van der Waals surface area (Å²) in [4.78, 5) is 22.1. The highest BCUT2D eigenvalue weighted by atomic mass is 35.5. The molecule has 0 unspecified atom stereocenters. The van der Waals surface area contributed by atoms with Gasteiger partial charge in [-0.25, -0.2) is 0 Å². The van der Waals surface area contributed by atoms with Crippen molar-refractivity contribution in [2.24, 2.45) is 0 Å². The molecule has 7 heteroatoms. The van der Waals surface area contributed by atoms with Gasteiger partial charge < -0.3 is 10.1 Å². The summed E-state index contributed by atoms with van der Waals surface area (Å²) >= 11 is 5.78. The van der Waals surface area contributed by atoms with Crippen LogP contribution in [0.15, 0.2) is 48.5 Å². The second-order valence-corrected chi connectivity index (χ2v) is 4.95. The molecule has 0 saturated carbocycles. The molecule has 23 heavy (non-hydrogen) atoms. The molecule has 0 fully saturated rings. The lowest BCUT2D eigenvalue weighted by atomic mass is 10.2. The summed E-state index contributed by atoms with van der Waals surface area (Å²) in [5.41, 5.74) is 1.06. The van der Waals surface area contributed by atoms with Gasteiger partial charge in [-0.15, -0.1) is 0 Å². The van der Waals surface area contributed by atoms with Gasteiger partial charge in [0.1, 0.15) is 5.75 Å². The zero-order valence-electron chi connectivity index (χ0n) is 12.2. The van der Waals surface area contributed by atoms with E-state index in [1.54, 1.807) is 30.3 Å². The van der Waals surface area contributed by atoms with Crippen molar-refractivity contribution in [1.29, 1.82) is 0 Å². The summed E-state index contributed by atoms with van der Waals surface area (Å²) in [5.74, 6) is -0.167. The second kappa shape index (κ2) is 7.42. The lowest BCUT2D eigenvalue weighted by Crippen LogP contribution is -2.09. The SMILES string of the molecule is COc1cc([N+](=O)[O-])ccc1NC(=O)C=Cc1ccc(Cl)cc1. The molecule has 0 aromatic heterocycles. The van der Waals surface area contributed by atoms with E-state index in [9.17, 15) is 14.9 Å². The number of carbonyl (C=O) groups is 1. The quantitative estimate of drug-likeness (QED) is 0.511. The standard InChI is InChI=1S/C16H13ClN2O4/c1-23-15-10-13(19(21)22)7-8-14(15)18-16(20)9-4-11-2-5-12(17)6-3-11/h2-10H,1H3,(H,18,20). The Balaban J connectivity index is 2.10. The first kappa shape index (κ1) is 16.5. The topological polar surface area (TPSA) is 81.5 Å². The maximum absolute atomic E-state index is 11.9. The minimum atomic E-state index is -0.533. The number of halogens is 1. The molecule has 6 nitrogen and oxygen atoms in total. The summed E-state index contributed by atoms with van der Waals surface area (Å²) in [7, 11) is 1.37. The summed E-state index contributed by atoms with van der Waals surface area (Å²) in [5, 5.41) is 14.0. The van der Waals surface area contributed by atoms with Crippen molar-refractivity contribution >= 4 is 35.0 Å². The van der Waals surface area contributed by atoms with Crippen molar-refractivity contribution in [1.82, 2.24) is 0 Å². The van der Waals surface area contributed by atoms with Crippen LogP contribution in [-0.2, 0) is 4.79 Å². The predicted octanol–water partition coefficient (Wildman–Crippen LogP) is 3.91. The molecule has 2 aromatic rings. The third kappa shape index (κ3) is 4.55. The summed E-state index contributed by atoms with van der Waals surface area (Å²) in [6.45, 7) is 0. The third-order valence-corrected chi connectivity index (χ3v) is 3.20. The molecular formula is C16H13ClN2O4. The fourth-order valence-electron chi connectivity index (χ4n) is 1.82. The molecule has 0 radical (unpaired) electrons. The molecule has 118 valence electrons. The van der Waals surface area contributed by atoms with Crippen LogP contribution in [0.3, 0.4) is 0 Å². The van der Waals surface area contributed by atoms with E-state index in [-0.39, 0.29) is 17.3 Å². The highest BCUT2D eigenvalue weighted by Gasteiger charge is 2.12. The Kier molecular flexibility index (Phi) is 5.32. The number of nitro groups is 1. The van der Waals surface area contributed by atoms with E-state index in [0.29, 0.717) is 10.7 Å². The van der Waals surface area contributed by atoms with Crippen molar-refractivity contribution in [3.63, 3.8) is 0 Å². The second-order valence-electron chi connectivity index (χ2n) is 4.52. The highest BCUT2D eigenvalue weighted by Crippen LogP contribution is 2.28. The van der Waals surface area contributed by atoms with Crippen LogP contribution in [0.2, 0.25) is 5.02 Å². The number of nitrogens with one attached hydrogen (secondary N) is 1. The Hall–Kier alpha value is -2.86. The largest absolute Gasteiger partial charge is 0.494 e. The Bertz CT molecular complexity index is 757. The number of non-ortho nitro benzene ring substituents is 1. The fourth-order valence-corrected chi connectivity index (χ4v) is 1.94. The molecule has 0 bridgehead atoms. The molecule has 0 aliphatic rings. The lowest BCUT2D eigenvalue weighted by molar-refractivity contribution is -0.384. The molecule has 0 heterocycles. The monoisotopic (exact) mass is 332 g/mol. The van der Waals surface area contributed by atoms with Gasteiger partial charge in [-0.3, -0.25) is 14.9 Å². The Labute approximate surface area is 137 Å². The van der Waals surface area contributed by atoms with E-state index >= 15 is 0 Å². The Morgan fingerprint density at radius 2 is 1.96 bits per heavy atom. The zero-order chi connectivity index (χ0) is 16.8. The smallest absolute Gasteiger partial charge is 0.273 e. The number of rotatable bonds is 5. The first-order valence-corrected chi connectivity index (χ1v) is 6.94. The van der Waals surface area contributed by atoms with Crippen molar-refractivity contribution in [3.8, 4) is 5.75 Å². The average Bonchev–Trinajstić information content (AvgIpc) is 2.54. The third-order valence-electron chi connectivity index (χ3n) is 2.95. The van der Waals surface area contributed by atoms with Crippen molar-refractivity contribution < 1.29 is 14.5 Å². The number of ether oxygens (including phenoxy) is 1. The summed E-state index contributed by atoms with van der Waals surface area (Å²) < 4.78 is 5.06. The van der Waals surface area contributed by atoms with E-state index < -0.39 is 4.92 Å². The first-order valence-electron chi connectivity index (χ1n) is 6.56. The molecule has 0 aliphatic heterocycles. The molecule has 2 rings (SSSR count). The van der Waals surface area contributed by atoms with Crippen LogP contribution in [0.5, 0.6) is 5.75 Å². The van der Waals surface area contributed by atoms with Crippen LogP contribution in [0.4, 0.5) is 11.4 Å². The van der Waals surface area contributed by atoms with E-state index in [1.165, 1.54) is 31.4 Å². The Morgan fingerprint density at radius 1 is 1.26 bits per heavy atom. The van der Waals surface area contributed by atoms with Gasteiger partial charge in [0.05, 0.1) is 23.8 Å². The highest BCUT2D eigenvalue weighted by molar-refractivity contribution is 6.30. The van der Waals surface area contributed by atoms with Gasteiger partial charge >= 0.3 is 0 Å². The van der Waals surface area contributed by atoms with Gasteiger partial charge in [0.2, 0.25) is 5.91 Å². The van der Waals surface area contributed by atoms with Crippen LogP contribution >= 0.6 is 11.6 Å². The van der Waals surface area contributed by atoms with E-state index in [0.717, 1.165) is 5.56 Å². The van der Waals surface area contributed by atoms with Crippen LogP contribution in [0, 0.1) is 10.1 Å². The molecule has 2 aromatic carbocycles. The number of methoxy groups -OCH3 is 1. The van der Waals surface area contributed by atoms with Crippen LogP contribution in [-0.4, -0.2) is 17.9 Å². The molecule has 0 atom stereocenters. The number of benzene rings is 2. The van der Waals surface area contributed by atoms with Gasteiger partial charge in [-0.1, -0.05) is 23.7 Å². The first-order chi connectivity index (χ1) is 11.0. The maximum Gasteiger partial charge on any atom is 0.273 e. The van der Waals surface area contributed by atoms with Gasteiger partial charge in [0.25, 0.3) is 5.69 Å². The van der Waals surface area contributed by atoms with Crippen molar-refractivity contribution in [2.45, 2.75) is 0 Å². The number of carbonyl (C=O) groups excluding carboxylic acids is 1. The van der Waals surface area contributed by atoms with Gasteiger partial charge in [0, 0.05) is 17.2 Å². The molecule has 0 saturated heterocycles. The number of hydrogen-bond acceptors (Lipinski definition) is 4. The van der Waals surface area contributed by atoms with Gasteiger partial charge in [-0.05, 0) is 29.8 Å². The number of anilines is 1. The van der Waals surface area contributed by atoms with Gasteiger partial charge in [-0.2, -0.15) is 0 Å². The van der Waals surface area contributed by atoms with E-state index in [4.69, 9.17) is 16.3 Å². The summed E-state index contributed by atoms with van der Waals surface area (Å²) in [6, 6.07) is 11.0. The zero-order valence-corrected chi connectivity index (χ0v) is 12.9. The van der Waals surface area contributed by atoms with E-state index in [2.05, 4.69) is 5.32 Å². The predicted molar refractivity (Wildman–Crippen MR) is 88.8 cm³/mol. The van der Waals surface area contributed by atoms with Crippen molar-refractivity contribution in [2.75, 3.05) is 12.4 Å². The van der Waals surface area contributed by atoms with Crippen LogP contribution in [0.1, 0.15) is 5.56 Å². The number of hydrogen-bond donors (Lipinski definition) is 1. The van der Waals surface area contributed by atoms with E-state index in [1.807, 2.05) is 0 Å². The normalized spacial score (nSPS) is 10.5. The molecule has 0 aliphatic carbocycles. The molecule has 1 N–H and O–H groups in total. The van der Waals surface area contributed by atoms with Gasteiger partial charge in [0.15, 0.2) is 0 Å². The minimum Gasteiger partial charge on any atom is -0.494 e. The van der Waals surface area contributed by atoms with Crippen LogP contribution < -0.4 is 10.1 Å². The molecule has 0 spiro atoms.